The van der Waals surface area contributed by atoms with Crippen molar-refractivity contribution in [2.24, 2.45) is 10.9 Å². The molecule has 0 fully saturated rings. The highest BCUT2D eigenvalue weighted by Crippen LogP contribution is 2.33. The van der Waals surface area contributed by atoms with Gasteiger partial charge >= 0.3 is 12.1 Å². The van der Waals surface area contributed by atoms with Crippen molar-refractivity contribution in [2.45, 2.75) is 6.18 Å². The summed E-state index contributed by atoms with van der Waals surface area (Å²) in [6, 6.07) is 23.2. The highest BCUT2D eigenvalue weighted by molar-refractivity contribution is 5.98. The Labute approximate surface area is 196 Å². The van der Waals surface area contributed by atoms with Crippen LogP contribution < -0.4 is 5.73 Å². The van der Waals surface area contributed by atoms with Gasteiger partial charge in [0.05, 0.1) is 5.69 Å². The van der Waals surface area contributed by atoms with Crippen LogP contribution in [0.25, 0.3) is 27.7 Å². The van der Waals surface area contributed by atoms with E-state index in [1.54, 1.807) is 48.5 Å². The number of carbonyl (C=O) groups is 1. The number of aromatic nitrogens is 3. The molecule has 2 aromatic heterocycles. The maximum absolute atomic E-state index is 13.9. The van der Waals surface area contributed by atoms with Crippen LogP contribution in [0, 0.1) is 0 Å². The lowest BCUT2D eigenvalue weighted by Gasteiger charge is -2.11. The predicted octanol–water partition coefficient (Wildman–Crippen LogP) is 5.05. The Bertz CT molecular complexity index is 1590. The van der Waals surface area contributed by atoms with E-state index in [-0.39, 0.29) is 17.2 Å². The second-order valence-corrected chi connectivity index (χ2v) is 7.61. The highest BCUT2D eigenvalue weighted by atomic mass is 19.4. The molecule has 5 rings (SSSR count). The molecule has 35 heavy (non-hydrogen) atoms. The zero-order valence-corrected chi connectivity index (χ0v) is 17.9. The van der Waals surface area contributed by atoms with E-state index >= 15 is 0 Å². The topological polar surface area (TPSA) is 94.9 Å². The van der Waals surface area contributed by atoms with Gasteiger partial charge in [-0.2, -0.15) is 18.3 Å². The number of hydrogen-bond acceptors (Lipinski definition) is 5. The van der Waals surface area contributed by atoms with Gasteiger partial charge in [0.2, 0.25) is 0 Å². The minimum absolute atomic E-state index is 0.0737. The minimum Gasteiger partial charge on any atom is -0.380 e. The number of hydrogen-bond donors (Lipinski definition) is 1. The van der Waals surface area contributed by atoms with Gasteiger partial charge in [0.25, 0.3) is 0 Å². The number of nitrogens with zero attached hydrogens (tertiary/aromatic N) is 4. The summed E-state index contributed by atoms with van der Waals surface area (Å²) < 4.78 is 42.2. The van der Waals surface area contributed by atoms with E-state index in [1.165, 1.54) is 0 Å². The molecule has 0 aliphatic carbocycles. The number of fused-ring (bicyclic) bond motifs is 2. The molecule has 2 heterocycles. The van der Waals surface area contributed by atoms with Crippen LogP contribution in [0.4, 0.5) is 13.2 Å². The van der Waals surface area contributed by atoms with Crippen LogP contribution in [0.5, 0.6) is 0 Å². The first-order valence-electron chi connectivity index (χ1n) is 10.4. The lowest BCUT2D eigenvalue weighted by molar-refractivity contribution is -0.142. The summed E-state index contributed by atoms with van der Waals surface area (Å²) in [4.78, 5) is 21.5. The van der Waals surface area contributed by atoms with Crippen LogP contribution in [0.3, 0.4) is 0 Å². The van der Waals surface area contributed by atoms with E-state index in [0.717, 1.165) is 22.9 Å². The summed E-state index contributed by atoms with van der Waals surface area (Å²) in [6.45, 7) is 0. The van der Waals surface area contributed by atoms with Gasteiger partial charge in [0.1, 0.15) is 0 Å². The molecule has 0 bridgehead atoms. The number of nitrogens with two attached hydrogens (primary N) is 1. The standard InChI is InChI=1S/C25H16F3N5O2/c26-25(27,28)21-13-19(18-11-10-15-6-4-5-9-17(15)12-18)30-22-14-20(31-33(21)22)24(34)35-32-23(29)16-7-2-1-3-8-16/h1-14H,(H2,29,32). The van der Waals surface area contributed by atoms with Gasteiger partial charge < -0.3 is 10.6 Å². The van der Waals surface area contributed by atoms with E-state index in [0.29, 0.717) is 15.6 Å². The molecule has 2 N–H and O–H groups in total. The Kier molecular flexibility index (Phi) is 5.40. The number of carbonyl (C=O) groups excluding carboxylic acids is 1. The van der Waals surface area contributed by atoms with Crippen LogP contribution in [0.2, 0.25) is 0 Å². The van der Waals surface area contributed by atoms with Gasteiger partial charge in [0.15, 0.2) is 22.9 Å². The molecule has 0 radical (unpaired) electrons. The molecular formula is C25H16F3N5O2. The van der Waals surface area contributed by atoms with Crippen LogP contribution in [-0.4, -0.2) is 26.4 Å². The van der Waals surface area contributed by atoms with E-state index < -0.39 is 23.5 Å². The van der Waals surface area contributed by atoms with Crippen molar-refractivity contribution in [1.29, 1.82) is 0 Å². The van der Waals surface area contributed by atoms with Crippen molar-refractivity contribution in [2.75, 3.05) is 0 Å². The lowest BCUT2D eigenvalue weighted by Crippen LogP contribution is -2.16. The van der Waals surface area contributed by atoms with Crippen molar-refractivity contribution in [3.8, 4) is 11.3 Å². The van der Waals surface area contributed by atoms with E-state index in [2.05, 4.69) is 15.2 Å². The molecule has 7 nitrogen and oxygen atoms in total. The molecule has 0 atom stereocenters. The fourth-order valence-electron chi connectivity index (χ4n) is 3.57. The number of oxime groups is 1. The van der Waals surface area contributed by atoms with Crippen LogP contribution in [-0.2, 0) is 11.0 Å². The second kappa shape index (κ2) is 8.56. The van der Waals surface area contributed by atoms with Gasteiger partial charge in [-0.15, -0.1) is 0 Å². The summed E-state index contributed by atoms with van der Waals surface area (Å²) in [6.07, 6.45) is -4.75. The van der Waals surface area contributed by atoms with Crippen LogP contribution >= 0.6 is 0 Å². The van der Waals surface area contributed by atoms with E-state index in [9.17, 15) is 18.0 Å². The molecule has 0 spiro atoms. The van der Waals surface area contributed by atoms with Crippen molar-refractivity contribution in [3.63, 3.8) is 0 Å². The smallest absolute Gasteiger partial charge is 0.380 e. The van der Waals surface area contributed by atoms with Gasteiger partial charge in [-0.1, -0.05) is 71.9 Å². The Hall–Kier alpha value is -4.73. The predicted molar refractivity (Wildman–Crippen MR) is 124 cm³/mol. The Morgan fingerprint density at radius 2 is 1.63 bits per heavy atom. The molecular weight excluding hydrogens is 459 g/mol. The maximum atomic E-state index is 13.9. The Morgan fingerprint density at radius 3 is 2.37 bits per heavy atom. The van der Waals surface area contributed by atoms with Crippen molar-refractivity contribution in [1.82, 2.24) is 14.6 Å². The third-order valence-corrected chi connectivity index (χ3v) is 5.27. The number of alkyl halides is 3. The quantitative estimate of drug-likeness (QED) is 0.170. The van der Waals surface area contributed by atoms with Crippen molar-refractivity contribution in [3.05, 3.63) is 102 Å². The first-order chi connectivity index (χ1) is 16.8. The van der Waals surface area contributed by atoms with Crippen LogP contribution in [0.1, 0.15) is 21.7 Å². The molecule has 0 amide bonds. The number of benzene rings is 3. The van der Waals surface area contributed by atoms with Gasteiger partial charge in [-0.25, -0.2) is 14.3 Å². The normalized spacial score (nSPS) is 12.3. The molecule has 10 heteroatoms. The maximum Gasteiger partial charge on any atom is 0.433 e. The monoisotopic (exact) mass is 475 g/mol. The fourth-order valence-corrected chi connectivity index (χ4v) is 3.57. The SMILES string of the molecule is N/C(=N\OC(=O)c1cc2nc(-c3ccc4ccccc4c3)cc(C(F)(F)F)n2n1)c1ccccc1. The number of rotatable bonds is 4. The third kappa shape index (κ3) is 4.41. The molecule has 0 aliphatic rings. The summed E-state index contributed by atoms with van der Waals surface area (Å²) in [7, 11) is 0. The molecule has 3 aromatic carbocycles. The van der Waals surface area contributed by atoms with Crippen molar-refractivity contribution >= 4 is 28.2 Å². The summed E-state index contributed by atoms with van der Waals surface area (Å²) in [5.74, 6) is -1.15. The van der Waals surface area contributed by atoms with Gasteiger partial charge in [-0.3, -0.25) is 0 Å². The van der Waals surface area contributed by atoms with Crippen LogP contribution in [0.15, 0.2) is 90.1 Å². The zero-order chi connectivity index (χ0) is 24.6. The van der Waals surface area contributed by atoms with E-state index in [1.807, 2.05) is 24.3 Å². The Morgan fingerprint density at radius 1 is 0.914 bits per heavy atom. The lowest BCUT2D eigenvalue weighted by atomic mass is 10.0. The molecule has 0 saturated carbocycles. The average Bonchev–Trinajstić information content (AvgIpc) is 3.30. The summed E-state index contributed by atoms with van der Waals surface area (Å²) in [5.41, 5.74) is 5.21. The Balaban J connectivity index is 1.53. The largest absolute Gasteiger partial charge is 0.433 e. The number of amidine groups is 1. The fraction of sp³-hybridized carbons (Fsp3) is 0.0400. The minimum atomic E-state index is -4.75. The van der Waals surface area contributed by atoms with E-state index in [4.69, 9.17) is 10.6 Å². The highest BCUT2D eigenvalue weighted by Gasteiger charge is 2.36. The third-order valence-electron chi connectivity index (χ3n) is 5.27. The molecule has 5 aromatic rings. The first-order valence-corrected chi connectivity index (χ1v) is 10.4. The molecule has 174 valence electrons. The van der Waals surface area contributed by atoms with Gasteiger partial charge in [-0.05, 0) is 22.9 Å². The molecule has 0 aliphatic heterocycles. The summed E-state index contributed by atoms with van der Waals surface area (Å²) >= 11 is 0. The first kappa shape index (κ1) is 22.1. The second-order valence-electron chi connectivity index (χ2n) is 7.61. The molecule has 0 unspecified atom stereocenters. The van der Waals surface area contributed by atoms with Crippen molar-refractivity contribution < 1.29 is 22.8 Å². The average molecular weight is 475 g/mol. The number of halogens is 3. The summed E-state index contributed by atoms with van der Waals surface area (Å²) in [5, 5.41) is 9.12. The molecule has 0 saturated heterocycles. The van der Waals surface area contributed by atoms with Gasteiger partial charge in [0, 0.05) is 17.2 Å². The zero-order valence-electron chi connectivity index (χ0n) is 17.9.